The fraction of sp³-hybridized carbons (Fsp3) is 0.368. The molecule has 0 unspecified atom stereocenters. The van der Waals surface area contributed by atoms with Gasteiger partial charge < -0.3 is 19.3 Å². The van der Waals surface area contributed by atoms with E-state index in [-0.39, 0.29) is 10.6 Å². The number of benzene rings is 2. The standard InChI is InChI=1S/C19H21N3O4/c23-22(24)17-3-1-2-15(10-17)12-20-6-8-21(9-7-20)13-16-4-5-18-19(11-16)26-14-25-18/h1-5,10-11H,6-9,12-14H2/p+2. The molecular weight excluding hydrogens is 334 g/mol. The smallest absolute Gasteiger partial charge is 0.269 e. The molecule has 0 amide bonds. The van der Waals surface area contributed by atoms with E-state index in [9.17, 15) is 10.1 Å². The number of hydrogen-bond acceptors (Lipinski definition) is 4. The van der Waals surface area contributed by atoms with Crippen LogP contribution >= 0.6 is 0 Å². The number of piperazine rings is 1. The minimum absolute atomic E-state index is 0.175. The molecule has 0 atom stereocenters. The third-order valence-corrected chi connectivity index (χ3v) is 5.13. The second-order valence-corrected chi connectivity index (χ2v) is 6.97. The maximum absolute atomic E-state index is 10.9. The summed E-state index contributed by atoms with van der Waals surface area (Å²) in [7, 11) is 0. The van der Waals surface area contributed by atoms with Gasteiger partial charge >= 0.3 is 0 Å². The topological polar surface area (TPSA) is 70.5 Å². The predicted octanol–water partition coefficient (Wildman–Crippen LogP) is -0.193. The number of quaternary nitrogens is 2. The average molecular weight is 357 g/mol. The van der Waals surface area contributed by atoms with E-state index < -0.39 is 0 Å². The van der Waals surface area contributed by atoms with Crippen molar-refractivity contribution in [3.05, 3.63) is 63.7 Å². The van der Waals surface area contributed by atoms with Gasteiger partial charge in [-0.15, -0.1) is 0 Å². The van der Waals surface area contributed by atoms with Crippen LogP contribution in [0.3, 0.4) is 0 Å². The van der Waals surface area contributed by atoms with Gasteiger partial charge in [-0.1, -0.05) is 12.1 Å². The highest BCUT2D eigenvalue weighted by Crippen LogP contribution is 2.32. The average Bonchev–Trinajstić information content (AvgIpc) is 3.11. The Bertz CT molecular complexity index is 803. The Kier molecular flexibility index (Phi) is 4.73. The molecule has 2 aromatic carbocycles. The normalized spacial score (nSPS) is 21.5. The first-order chi connectivity index (χ1) is 12.7. The number of nitro groups is 1. The van der Waals surface area contributed by atoms with Crippen LogP contribution in [0.4, 0.5) is 5.69 Å². The Labute approximate surface area is 151 Å². The van der Waals surface area contributed by atoms with Crippen LogP contribution in [0, 0.1) is 10.1 Å². The summed E-state index contributed by atoms with van der Waals surface area (Å²) in [5.74, 6) is 1.67. The van der Waals surface area contributed by atoms with Crippen molar-refractivity contribution in [1.29, 1.82) is 0 Å². The summed E-state index contributed by atoms with van der Waals surface area (Å²) in [4.78, 5) is 13.6. The van der Waals surface area contributed by atoms with Gasteiger partial charge in [-0.2, -0.15) is 0 Å². The molecule has 1 saturated heterocycles. The van der Waals surface area contributed by atoms with Crippen LogP contribution in [-0.4, -0.2) is 37.9 Å². The largest absolute Gasteiger partial charge is 0.454 e. The van der Waals surface area contributed by atoms with Crippen LogP contribution in [0.25, 0.3) is 0 Å². The second-order valence-electron chi connectivity index (χ2n) is 6.97. The van der Waals surface area contributed by atoms with E-state index in [4.69, 9.17) is 9.47 Å². The summed E-state index contributed by atoms with van der Waals surface area (Å²) in [5, 5.41) is 10.9. The fourth-order valence-electron chi connectivity index (χ4n) is 3.72. The van der Waals surface area contributed by atoms with Gasteiger partial charge in [-0.05, 0) is 18.2 Å². The van der Waals surface area contributed by atoms with Crippen LogP contribution in [0.15, 0.2) is 42.5 Å². The van der Waals surface area contributed by atoms with Crippen LogP contribution in [0.1, 0.15) is 11.1 Å². The molecule has 2 N–H and O–H groups in total. The molecule has 0 radical (unpaired) electrons. The molecule has 2 aliphatic rings. The number of fused-ring (bicyclic) bond motifs is 1. The second kappa shape index (κ2) is 7.31. The van der Waals surface area contributed by atoms with Crippen molar-refractivity contribution >= 4 is 5.69 Å². The maximum atomic E-state index is 10.9. The lowest BCUT2D eigenvalue weighted by molar-refractivity contribution is -1.02. The number of ether oxygens (including phenoxy) is 2. The van der Waals surface area contributed by atoms with Crippen molar-refractivity contribution in [3.63, 3.8) is 0 Å². The quantitative estimate of drug-likeness (QED) is 0.575. The number of hydrogen-bond donors (Lipinski definition) is 2. The van der Waals surface area contributed by atoms with Crippen LogP contribution in [0.2, 0.25) is 0 Å². The molecule has 2 aromatic rings. The van der Waals surface area contributed by atoms with Crippen LogP contribution in [-0.2, 0) is 13.1 Å². The Morgan fingerprint density at radius 3 is 2.23 bits per heavy atom. The highest BCUT2D eigenvalue weighted by molar-refractivity contribution is 5.44. The molecule has 0 bridgehead atoms. The molecule has 0 saturated carbocycles. The highest BCUT2D eigenvalue weighted by Gasteiger charge is 2.24. The summed E-state index contributed by atoms with van der Waals surface area (Å²) in [6, 6.07) is 13.2. The Morgan fingerprint density at radius 1 is 0.885 bits per heavy atom. The molecule has 1 fully saturated rings. The van der Waals surface area contributed by atoms with Gasteiger partial charge in [0, 0.05) is 23.3 Å². The molecule has 7 heteroatoms. The predicted molar refractivity (Wildman–Crippen MR) is 94.5 cm³/mol. The van der Waals surface area contributed by atoms with Crippen molar-refractivity contribution in [1.82, 2.24) is 0 Å². The van der Waals surface area contributed by atoms with E-state index in [1.165, 1.54) is 10.5 Å². The zero-order valence-electron chi connectivity index (χ0n) is 14.6. The van der Waals surface area contributed by atoms with Gasteiger partial charge in [0.15, 0.2) is 11.5 Å². The Balaban J connectivity index is 1.30. The summed E-state index contributed by atoms with van der Waals surface area (Å²) in [6.45, 7) is 6.48. The van der Waals surface area contributed by atoms with Crippen molar-refractivity contribution < 1.29 is 24.2 Å². The monoisotopic (exact) mass is 357 g/mol. The summed E-state index contributed by atoms with van der Waals surface area (Å²) in [6.07, 6.45) is 0. The molecule has 0 spiro atoms. The third-order valence-electron chi connectivity index (χ3n) is 5.13. The van der Waals surface area contributed by atoms with E-state index in [1.54, 1.807) is 23.1 Å². The lowest BCUT2D eigenvalue weighted by Gasteiger charge is -2.29. The minimum Gasteiger partial charge on any atom is -0.454 e. The first-order valence-electron chi connectivity index (χ1n) is 8.96. The molecule has 7 nitrogen and oxygen atoms in total. The summed E-state index contributed by atoms with van der Waals surface area (Å²) >= 11 is 0. The maximum Gasteiger partial charge on any atom is 0.269 e. The van der Waals surface area contributed by atoms with E-state index in [0.29, 0.717) is 6.79 Å². The van der Waals surface area contributed by atoms with Gasteiger partial charge in [-0.3, -0.25) is 10.1 Å². The Morgan fingerprint density at radius 2 is 1.54 bits per heavy atom. The lowest BCUT2D eigenvalue weighted by atomic mass is 10.1. The van der Waals surface area contributed by atoms with Crippen molar-refractivity contribution in [2.24, 2.45) is 0 Å². The first-order valence-corrected chi connectivity index (χ1v) is 8.96. The van der Waals surface area contributed by atoms with Gasteiger partial charge in [0.2, 0.25) is 6.79 Å². The molecule has 0 aliphatic carbocycles. The summed E-state index contributed by atoms with van der Waals surface area (Å²) in [5.41, 5.74) is 2.48. The van der Waals surface area contributed by atoms with Crippen LogP contribution < -0.4 is 19.3 Å². The third kappa shape index (κ3) is 3.79. The molecule has 26 heavy (non-hydrogen) atoms. The van der Waals surface area contributed by atoms with Crippen molar-refractivity contribution in [3.8, 4) is 11.5 Å². The SMILES string of the molecule is O=[N+]([O-])c1cccc(C[NH+]2CC[NH+](Cc3ccc4c(c3)OCO4)CC2)c1. The van der Waals surface area contributed by atoms with Gasteiger partial charge in [-0.25, -0.2) is 0 Å². The number of non-ortho nitro benzene ring substituents is 1. The number of nitro benzene ring substituents is 1. The zero-order chi connectivity index (χ0) is 17.9. The number of rotatable bonds is 5. The van der Waals surface area contributed by atoms with E-state index in [0.717, 1.165) is 56.3 Å². The molecule has 2 heterocycles. The van der Waals surface area contributed by atoms with Crippen molar-refractivity contribution in [2.45, 2.75) is 13.1 Å². The summed E-state index contributed by atoms with van der Waals surface area (Å²) < 4.78 is 10.8. The van der Waals surface area contributed by atoms with Gasteiger partial charge in [0.05, 0.1) is 4.92 Å². The number of nitrogens with one attached hydrogen (secondary N) is 2. The molecular formula is C19H23N3O4+2. The van der Waals surface area contributed by atoms with Crippen molar-refractivity contribution in [2.75, 3.05) is 33.0 Å². The molecule has 2 aliphatic heterocycles. The van der Waals surface area contributed by atoms with Crippen LogP contribution in [0.5, 0.6) is 11.5 Å². The van der Waals surface area contributed by atoms with E-state index in [1.807, 2.05) is 12.1 Å². The zero-order valence-corrected chi connectivity index (χ0v) is 14.6. The molecule has 0 aromatic heterocycles. The molecule has 136 valence electrons. The lowest BCUT2D eigenvalue weighted by Crippen LogP contribution is -3.27. The highest BCUT2D eigenvalue weighted by atomic mass is 16.7. The van der Waals surface area contributed by atoms with E-state index in [2.05, 4.69) is 12.1 Å². The Hall–Kier alpha value is -2.64. The van der Waals surface area contributed by atoms with Gasteiger partial charge in [0.25, 0.3) is 5.69 Å². The van der Waals surface area contributed by atoms with E-state index >= 15 is 0 Å². The first kappa shape index (κ1) is 16.8. The minimum atomic E-state index is -0.327. The molecule has 4 rings (SSSR count). The fourth-order valence-corrected chi connectivity index (χ4v) is 3.72. The van der Waals surface area contributed by atoms with Gasteiger partial charge in [0.1, 0.15) is 39.3 Å². The number of nitrogens with zero attached hydrogens (tertiary/aromatic N) is 1.